The molecule has 25 heavy (non-hydrogen) atoms. The Morgan fingerprint density at radius 2 is 2.24 bits per heavy atom. The maximum absolute atomic E-state index is 11.7. The van der Waals surface area contributed by atoms with Gasteiger partial charge in [0, 0.05) is 23.1 Å². The molecule has 4 nitrogen and oxygen atoms in total. The van der Waals surface area contributed by atoms with E-state index in [2.05, 4.69) is 35.8 Å². The molecule has 2 aromatic rings. The summed E-state index contributed by atoms with van der Waals surface area (Å²) in [6, 6.07) is 6.33. The molecule has 0 saturated carbocycles. The van der Waals surface area contributed by atoms with Crippen LogP contribution in [0.2, 0.25) is 0 Å². The Hall–Kier alpha value is -2.97. The third kappa shape index (κ3) is 2.61. The number of nitrogens with one attached hydrogen (secondary N) is 1. The van der Waals surface area contributed by atoms with Crippen molar-refractivity contribution in [3.8, 4) is 0 Å². The monoisotopic (exact) mass is 332 g/mol. The van der Waals surface area contributed by atoms with Gasteiger partial charge in [-0.05, 0) is 54.8 Å². The highest BCUT2D eigenvalue weighted by Crippen LogP contribution is 2.38. The van der Waals surface area contributed by atoms with Crippen molar-refractivity contribution >= 4 is 17.3 Å². The lowest BCUT2D eigenvalue weighted by atomic mass is 9.92. The molecule has 2 heterocycles. The van der Waals surface area contributed by atoms with Crippen LogP contribution in [0.15, 0.2) is 59.6 Å². The second kappa shape index (κ2) is 6.15. The SMILES string of the molecule is COC1=C=CC=C(C2c3[nH]c4ccc(C)cc4c3CCN2C=O)C=C1. The lowest BCUT2D eigenvalue weighted by Crippen LogP contribution is -2.35. The van der Waals surface area contributed by atoms with Gasteiger partial charge in [0.25, 0.3) is 0 Å². The fourth-order valence-corrected chi connectivity index (χ4v) is 3.70. The summed E-state index contributed by atoms with van der Waals surface area (Å²) in [6.07, 6.45) is 9.54. The second-order valence-electron chi connectivity index (χ2n) is 6.44. The lowest BCUT2D eigenvalue weighted by molar-refractivity contribution is -0.120. The predicted molar refractivity (Wildman–Crippen MR) is 98.1 cm³/mol. The van der Waals surface area contributed by atoms with Crippen LogP contribution in [0.4, 0.5) is 0 Å². The zero-order chi connectivity index (χ0) is 17.4. The first kappa shape index (κ1) is 15.6. The highest BCUT2D eigenvalue weighted by molar-refractivity contribution is 5.86. The first-order chi connectivity index (χ1) is 12.2. The molecule has 2 aliphatic rings. The van der Waals surface area contributed by atoms with Gasteiger partial charge in [0.15, 0.2) is 5.76 Å². The van der Waals surface area contributed by atoms with Gasteiger partial charge < -0.3 is 14.6 Å². The molecule has 1 aromatic carbocycles. The van der Waals surface area contributed by atoms with E-state index in [0.29, 0.717) is 12.3 Å². The van der Waals surface area contributed by atoms with Gasteiger partial charge in [-0.15, -0.1) is 0 Å². The van der Waals surface area contributed by atoms with Gasteiger partial charge in [-0.1, -0.05) is 23.4 Å². The summed E-state index contributed by atoms with van der Waals surface area (Å²) in [5.74, 6) is 0.673. The molecule has 1 amide bonds. The molecule has 4 heteroatoms. The molecule has 4 rings (SSSR count). The van der Waals surface area contributed by atoms with Crippen LogP contribution in [0.1, 0.15) is 22.9 Å². The maximum Gasteiger partial charge on any atom is 0.210 e. The predicted octanol–water partition coefficient (Wildman–Crippen LogP) is 3.71. The molecular formula is C21H20N2O2. The minimum absolute atomic E-state index is 0.125. The highest BCUT2D eigenvalue weighted by Gasteiger charge is 2.31. The number of aryl methyl sites for hydroxylation is 1. The summed E-state index contributed by atoms with van der Waals surface area (Å²) in [7, 11) is 1.63. The molecular weight excluding hydrogens is 312 g/mol. The van der Waals surface area contributed by atoms with Crippen LogP contribution in [-0.2, 0) is 16.0 Å². The first-order valence-corrected chi connectivity index (χ1v) is 8.42. The van der Waals surface area contributed by atoms with Gasteiger partial charge in [-0.2, -0.15) is 0 Å². The van der Waals surface area contributed by atoms with Crippen molar-refractivity contribution in [1.29, 1.82) is 0 Å². The van der Waals surface area contributed by atoms with Crippen LogP contribution < -0.4 is 0 Å². The normalized spacial score (nSPS) is 19.3. The number of amides is 1. The minimum Gasteiger partial charge on any atom is -0.489 e. The number of aromatic nitrogens is 1. The Bertz CT molecular complexity index is 971. The summed E-state index contributed by atoms with van der Waals surface area (Å²) in [5, 5.41) is 1.26. The van der Waals surface area contributed by atoms with E-state index in [1.54, 1.807) is 7.11 Å². The quantitative estimate of drug-likeness (QED) is 0.688. The van der Waals surface area contributed by atoms with Gasteiger partial charge in [-0.3, -0.25) is 4.79 Å². The van der Waals surface area contributed by atoms with Crippen LogP contribution in [0.3, 0.4) is 0 Å². The summed E-state index contributed by atoms with van der Waals surface area (Å²) >= 11 is 0. The largest absolute Gasteiger partial charge is 0.489 e. The fourth-order valence-electron chi connectivity index (χ4n) is 3.70. The summed E-state index contributed by atoms with van der Waals surface area (Å²) < 4.78 is 5.25. The van der Waals surface area contributed by atoms with Crippen molar-refractivity contribution in [2.75, 3.05) is 13.7 Å². The topological polar surface area (TPSA) is 45.3 Å². The molecule has 126 valence electrons. The number of aromatic amines is 1. The number of fused-ring (bicyclic) bond motifs is 3. The van der Waals surface area contributed by atoms with Crippen LogP contribution in [0, 0.1) is 6.92 Å². The number of benzene rings is 1. The molecule has 1 atom stereocenters. The number of H-pyrrole nitrogens is 1. The minimum atomic E-state index is -0.125. The summed E-state index contributed by atoms with van der Waals surface area (Å²) in [5.41, 5.74) is 8.90. The molecule has 1 N–H and O–H groups in total. The van der Waals surface area contributed by atoms with Crippen molar-refractivity contribution in [2.45, 2.75) is 19.4 Å². The molecule has 1 aliphatic heterocycles. The lowest BCUT2D eigenvalue weighted by Gasteiger charge is -2.33. The number of ether oxygens (including phenoxy) is 1. The Balaban J connectivity index is 1.85. The molecule has 1 aromatic heterocycles. The smallest absolute Gasteiger partial charge is 0.210 e. The van der Waals surface area contributed by atoms with Gasteiger partial charge in [0.1, 0.15) is 0 Å². The van der Waals surface area contributed by atoms with E-state index < -0.39 is 0 Å². The van der Waals surface area contributed by atoms with Crippen molar-refractivity contribution in [1.82, 2.24) is 9.88 Å². The number of methoxy groups -OCH3 is 1. The average molecular weight is 332 g/mol. The third-order valence-corrected chi connectivity index (χ3v) is 4.92. The Morgan fingerprint density at radius 1 is 1.36 bits per heavy atom. The number of allylic oxidation sites excluding steroid dienone is 2. The van der Waals surface area contributed by atoms with E-state index in [-0.39, 0.29) is 6.04 Å². The van der Waals surface area contributed by atoms with E-state index in [9.17, 15) is 4.79 Å². The zero-order valence-electron chi connectivity index (χ0n) is 14.4. The number of rotatable bonds is 3. The van der Waals surface area contributed by atoms with E-state index in [4.69, 9.17) is 4.74 Å². The molecule has 0 bridgehead atoms. The van der Waals surface area contributed by atoms with E-state index in [0.717, 1.165) is 29.6 Å². The van der Waals surface area contributed by atoms with Crippen LogP contribution in [0.5, 0.6) is 0 Å². The number of nitrogens with zero attached hydrogens (tertiary/aromatic N) is 1. The van der Waals surface area contributed by atoms with Gasteiger partial charge in [0.2, 0.25) is 6.41 Å². The molecule has 0 spiro atoms. The highest BCUT2D eigenvalue weighted by atomic mass is 16.5. The Morgan fingerprint density at radius 3 is 3.04 bits per heavy atom. The van der Waals surface area contributed by atoms with Crippen LogP contribution in [-0.4, -0.2) is 29.9 Å². The summed E-state index contributed by atoms with van der Waals surface area (Å²) in [4.78, 5) is 17.1. The third-order valence-electron chi connectivity index (χ3n) is 4.92. The average Bonchev–Trinajstić information content (AvgIpc) is 2.83. The standard InChI is InChI=1S/C21H20N2O2/c1-14-6-9-19-18(12-14)17-10-11-23(13-24)21(20(17)22-19)15-4-3-5-16(25-2)8-7-15/h3-4,6-9,12-13,21-22H,10-11H2,1-2H3. The van der Waals surface area contributed by atoms with E-state index >= 15 is 0 Å². The van der Waals surface area contributed by atoms with E-state index in [1.165, 1.54) is 16.5 Å². The first-order valence-electron chi connectivity index (χ1n) is 8.42. The number of carbonyl (C=O) groups excluding carboxylic acids is 1. The fraction of sp³-hybridized carbons (Fsp3) is 0.238. The van der Waals surface area contributed by atoms with Gasteiger partial charge >= 0.3 is 0 Å². The Labute approximate surface area is 146 Å². The maximum atomic E-state index is 11.7. The van der Waals surface area contributed by atoms with Crippen molar-refractivity contribution < 1.29 is 9.53 Å². The molecule has 1 aliphatic carbocycles. The van der Waals surface area contributed by atoms with Crippen molar-refractivity contribution in [3.05, 3.63) is 76.4 Å². The molecule has 0 saturated heterocycles. The zero-order valence-corrected chi connectivity index (χ0v) is 14.4. The van der Waals surface area contributed by atoms with Crippen LogP contribution in [0.25, 0.3) is 10.9 Å². The van der Waals surface area contributed by atoms with Crippen molar-refractivity contribution in [2.24, 2.45) is 0 Å². The Kier molecular flexibility index (Phi) is 3.83. The van der Waals surface area contributed by atoms with Gasteiger partial charge in [-0.25, -0.2) is 0 Å². The summed E-state index contributed by atoms with van der Waals surface area (Å²) in [6.45, 7) is 2.82. The number of hydrogen-bond donors (Lipinski definition) is 1. The van der Waals surface area contributed by atoms with Gasteiger partial charge in [0.05, 0.1) is 13.2 Å². The van der Waals surface area contributed by atoms with Crippen LogP contribution >= 0.6 is 0 Å². The van der Waals surface area contributed by atoms with E-state index in [1.807, 2.05) is 29.2 Å². The number of hydrogen-bond acceptors (Lipinski definition) is 2. The second-order valence-corrected chi connectivity index (χ2v) is 6.44. The molecule has 0 fully saturated rings. The molecule has 1 unspecified atom stereocenters. The van der Waals surface area contributed by atoms with Crippen molar-refractivity contribution in [3.63, 3.8) is 0 Å². The number of carbonyl (C=O) groups is 1. The molecule has 0 radical (unpaired) electrons.